The van der Waals surface area contributed by atoms with Crippen LogP contribution in [0.15, 0.2) is 121 Å². The van der Waals surface area contributed by atoms with Crippen molar-refractivity contribution in [3.8, 4) is 11.5 Å². The average Bonchev–Trinajstić information content (AvgIpc) is 3.26. The summed E-state index contributed by atoms with van der Waals surface area (Å²) in [4.78, 5) is 40.4. The van der Waals surface area contributed by atoms with Crippen molar-refractivity contribution in [1.82, 2.24) is 5.32 Å². The van der Waals surface area contributed by atoms with Crippen molar-refractivity contribution in [2.75, 3.05) is 4.90 Å². The molecule has 0 fully saturated rings. The fraction of sp³-hybridized carbons (Fsp3) is 0.250. The molecular formula is C44H43ClN2O8. The summed E-state index contributed by atoms with van der Waals surface area (Å²) >= 11 is 6.57. The maximum atomic E-state index is 14.4. The molecule has 284 valence electrons. The Morgan fingerprint density at radius 1 is 0.782 bits per heavy atom. The molecule has 1 aliphatic rings. The molecule has 0 aliphatic carbocycles. The van der Waals surface area contributed by atoms with Crippen LogP contribution < -0.4 is 19.7 Å². The van der Waals surface area contributed by atoms with Crippen LogP contribution in [0.2, 0.25) is 5.02 Å². The Hall–Kier alpha value is -5.84. The van der Waals surface area contributed by atoms with E-state index in [1.165, 1.54) is 4.90 Å². The number of carboxylic acid groups (broad SMARTS) is 1. The average molecular weight is 763 g/mol. The summed E-state index contributed by atoms with van der Waals surface area (Å²) in [6, 6.07) is 37.5. The van der Waals surface area contributed by atoms with Crippen LogP contribution >= 0.6 is 11.6 Å². The van der Waals surface area contributed by atoms with Gasteiger partial charge in [-0.25, -0.2) is 4.79 Å². The van der Waals surface area contributed by atoms with Gasteiger partial charge in [-0.15, -0.1) is 0 Å². The Balaban J connectivity index is 1.33. The molecule has 2 unspecified atom stereocenters. The number of aliphatic carboxylic acids is 1. The zero-order valence-corrected chi connectivity index (χ0v) is 31.6. The van der Waals surface area contributed by atoms with Crippen molar-refractivity contribution in [1.29, 1.82) is 0 Å². The number of halogens is 1. The largest absolute Gasteiger partial charge is 0.485 e. The monoisotopic (exact) mass is 762 g/mol. The van der Waals surface area contributed by atoms with E-state index in [1.807, 2.05) is 103 Å². The molecule has 1 aliphatic heterocycles. The second-order valence-corrected chi connectivity index (χ2v) is 14.6. The molecule has 2 N–H and O–H groups in total. The smallest absolute Gasteiger partial charge is 0.407 e. The van der Waals surface area contributed by atoms with Crippen LogP contribution in [0, 0.1) is 0 Å². The maximum absolute atomic E-state index is 14.4. The van der Waals surface area contributed by atoms with Crippen LogP contribution in [0.1, 0.15) is 66.7 Å². The van der Waals surface area contributed by atoms with Gasteiger partial charge in [-0.2, -0.15) is 0 Å². The summed E-state index contributed by atoms with van der Waals surface area (Å²) in [5, 5.41) is 13.1. The van der Waals surface area contributed by atoms with E-state index >= 15 is 0 Å². The molecular weight excluding hydrogens is 720 g/mol. The molecule has 5 aromatic rings. The lowest BCUT2D eigenvalue weighted by Crippen LogP contribution is -2.40. The number of anilines is 1. The number of carboxylic acids is 1. The number of ether oxygens (including phenoxy) is 4. The van der Waals surface area contributed by atoms with Crippen molar-refractivity contribution in [3.05, 3.63) is 160 Å². The van der Waals surface area contributed by atoms with Crippen LogP contribution in [0.5, 0.6) is 11.5 Å². The van der Waals surface area contributed by atoms with Crippen LogP contribution in [0.3, 0.4) is 0 Å². The van der Waals surface area contributed by atoms with Gasteiger partial charge >= 0.3 is 12.1 Å². The van der Waals surface area contributed by atoms with Crippen LogP contribution in [0.25, 0.3) is 0 Å². The second-order valence-electron chi connectivity index (χ2n) is 14.2. The molecule has 0 saturated heterocycles. The Morgan fingerprint density at radius 3 is 2.09 bits per heavy atom. The quantitative estimate of drug-likeness (QED) is 0.122. The first kappa shape index (κ1) is 38.9. The van der Waals surface area contributed by atoms with Crippen LogP contribution in [-0.2, 0) is 45.4 Å². The standard InChI is InChI=1S/C44H43ClN2O8/c1-44(2,3)55-43(51)46-25-31-15-10-16-33(21-31)41-35-23-34(45)18-19-36(35)47(42(50)39(54-41)24-40(48)49)26-32-17-20-37(52-27-29-11-6-4-7-12-29)38(22-32)53-28-30-13-8-5-9-14-30/h4-23,39,41H,24-28H2,1-3H3,(H,46,51)(H,48,49). The molecule has 5 aromatic carbocycles. The number of carbonyl (C=O) groups is 3. The molecule has 6 rings (SSSR count). The molecule has 0 spiro atoms. The molecule has 2 amide bonds. The van der Waals surface area contributed by atoms with Gasteiger partial charge in [0, 0.05) is 17.1 Å². The first-order valence-corrected chi connectivity index (χ1v) is 18.3. The molecule has 0 radical (unpaired) electrons. The van der Waals surface area contributed by atoms with Crippen LogP contribution in [-0.4, -0.2) is 34.8 Å². The number of carbonyl (C=O) groups excluding carboxylic acids is 2. The zero-order chi connectivity index (χ0) is 39.0. The third-order valence-corrected chi connectivity index (χ3v) is 8.91. The molecule has 11 heteroatoms. The summed E-state index contributed by atoms with van der Waals surface area (Å²) < 4.78 is 24.3. The highest BCUT2D eigenvalue weighted by Gasteiger charge is 2.38. The van der Waals surface area contributed by atoms with E-state index in [0.717, 1.165) is 16.7 Å². The number of rotatable bonds is 13. The minimum Gasteiger partial charge on any atom is -0.485 e. The zero-order valence-electron chi connectivity index (χ0n) is 30.9. The number of nitrogens with zero attached hydrogens (tertiary/aromatic N) is 1. The molecule has 10 nitrogen and oxygen atoms in total. The summed E-state index contributed by atoms with van der Waals surface area (Å²) in [6.45, 7) is 6.21. The molecule has 1 heterocycles. The van der Waals surface area contributed by atoms with Crippen molar-refractivity contribution < 1.29 is 38.4 Å². The fourth-order valence-corrected chi connectivity index (χ4v) is 6.36. The summed E-state index contributed by atoms with van der Waals surface area (Å²) in [5.41, 5.74) is 4.51. The first-order chi connectivity index (χ1) is 26.4. The topological polar surface area (TPSA) is 124 Å². The summed E-state index contributed by atoms with van der Waals surface area (Å²) in [5.74, 6) is -0.685. The molecule has 0 aromatic heterocycles. The fourth-order valence-electron chi connectivity index (χ4n) is 6.18. The lowest BCUT2D eigenvalue weighted by Gasteiger charge is -2.25. The number of nitrogens with one attached hydrogen (secondary N) is 1. The summed E-state index contributed by atoms with van der Waals surface area (Å²) in [6.07, 6.45) is -3.33. The lowest BCUT2D eigenvalue weighted by molar-refractivity contribution is -0.146. The Kier molecular flexibility index (Phi) is 12.4. The minimum absolute atomic E-state index is 0.0696. The van der Waals surface area contributed by atoms with Crippen molar-refractivity contribution in [2.24, 2.45) is 0 Å². The summed E-state index contributed by atoms with van der Waals surface area (Å²) in [7, 11) is 0. The van der Waals surface area contributed by atoms with Gasteiger partial charge in [-0.1, -0.05) is 103 Å². The van der Waals surface area contributed by atoms with Gasteiger partial charge < -0.3 is 34.3 Å². The third-order valence-electron chi connectivity index (χ3n) is 8.68. The Bertz CT molecular complexity index is 2120. The van der Waals surface area contributed by atoms with E-state index in [-0.39, 0.29) is 13.1 Å². The van der Waals surface area contributed by atoms with E-state index in [1.54, 1.807) is 39.0 Å². The number of hydrogen-bond acceptors (Lipinski definition) is 7. The molecule has 2 atom stereocenters. The number of hydrogen-bond donors (Lipinski definition) is 2. The van der Waals surface area contributed by atoms with E-state index in [9.17, 15) is 19.5 Å². The SMILES string of the molecule is CC(C)(C)OC(=O)NCc1cccc(C2OC(CC(=O)O)C(=O)N(Cc3ccc(OCc4ccccc4)c(OCc4ccccc4)c3)c3ccc(Cl)cc32)c1. The van der Waals surface area contributed by atoms with Gasteiger partial charge in [0.2, 0.25) is 0 Å². The molecule has 0 saturated carbocycles. The van der Waals surface area contributed by atoms with Crippen molar-refractivity contribution in [2.45, 2.75) is 71.3 Å². The molecule has 55 heavy (non-hydrogen) atoms. The third kappa shape index (κ3) is 10.6. The van der Waals surface area contributed by atoms with Gasteiger partial charge in [-0.3, -0.25) is 9.59 Å². The predicted octanol–water partition coefficient (Wildman–Crippen LogP) is 9.02. The van der Waals surface area contributed by atoms with Gasteiger partial charge in [0.05, 0.1) is 18.7 Å². The van der Waals surface area contributed by atoms with E-state index in [2.05, 4.69) is 5.32 Å². The lowest BCUT2D eigenvalue weighted by atomic mass is 9.97. The van der Waals surface area contributed by atoms with Gasteiger partial charge in [0.25, 0.3) is 5.91 Å². The minimum atomic E-state index is -1.33. The number of amides is 2. The number of benzene rings is 5. The highest BCUT2D eigenvalue weighted by Crippen LogP contribution is 2.41. The van der Waals surface area contributed by atoms with Gasteiger partial charge in [0.1, 0.15) is 31.0 Å². The van der Waals surface area contributed by atoms with E-state index < -0.39 is 42.2 Å². The van der Waals surface area contributed by atoms with E-state index in [4.69, 9.17) is 30.5 Å². The normalized spacial score (nSPS) is 15.4. The predicted molar refractivity (Wildman–Crippen MR) is 209 cm³/mol. The Labute approximate surface area is 325 Å². The molecule has 0 bridgehead atoms. The highest BCUT2D eigenvalue weighted by atomic mass is 35.5. The van der Waals surface area contributed by atoms with Crippen molar-refractivity contribution >= 4 is 35.3 Å². The van der Waals surface area contributed by atoms with Crippen LogP contribution in [0.4, 0.5) is 10.5 Å². The Morgan fingerprint density at radius 2 is 1.44 bits per heavy atom. The highest BCUT2D eigenvalue weighted by molar-refractivity contribution is 6.30. The maximum Gasteiger partial charge on any atom is 0.407 e. The number of fused-ring (bicyclic) bond motifs is 1. The second kappa shape index (κ2) is 17.5. The number of alkyl carbamates (subject to hydrolysis) is 1. The van der Waals surface area contributed by atoms with Gasteiger partial charge in [-0.05, 0) is 78.9 Å². The van der Waals surface area contributed by atoms with E-state index in [0.29, 0.717) is 52.1 Å². The van der Waals surface area contributed by atoms with Gasteiger partial charge in [0.15, 0.2) is 11.5 Å². The van der Waals surface area contributed by atoms with Crippen molar-refractivity contribution in [3.63, 3.8) is 0 Å². The first-order valence-electron chi connectivity index (χ1n) is 17.9.